The number of aliphatic hydroxyl groups excluding tert-OH is 1. The van der Waals surface area contributed by atoms with Crippen molar-refractivity contribution in [2.75, 3.05) is 25.0 Å². The number of hydrogen-bond acceptors (Lipinski definition) is 4. The van der Waals surface area contributed by atoms with Gasteiger partial charge in [-0.15, -0.1) is 11.3 Å². The smallest absolute Gasteiger partial charge is 0.323 e. The van der Waals surface area contributed by atoms with E-state index in [4.69, 9.17) is 5.11 Å². The summed E-state index contributed by atoms with van der Waals surface area (Å²) in [7, 11) is 0. The van der Waals surface area contributed by atoms with Crippen LogP contribution in [-0.2, 0) is 6.42 Å². The van der Waals surface area contributed by atoms with Gasteiger partial charge in [0.2, 0.25) is 0 Å². The molecule has 17 heavy (non-hydrogen) atoms. The highest BCUT2D eigenvalue weighted by Gasteiger charge is 2.12. The second-order valence-corrected chi connectivity index (χ2v) is 4.73. The van der Waals surface area contributed by atoms with Crippen LogP contribution in [0.15, 0.2) is 6.20 Å². The number of aromatic nitrogens is 1. The van der Waals surface area contributed by atoms with Gasteiger partial charge in [-0.05, 0) is 13.3 Å². The number of anilines is 1. The highest BCUT2D eigenvalue weighted by atomic mass is 32.1. The number of nitrogens with one attached hydrogen (secondary N) is 1. The van der Waals surface area contributed by atoms with Crippen LogP contribution in [0.1, 0.15) is 25.1 Å². The zero-order valence-corrected chi connectivity index (χ0v) is 11.1. The zero-order valence-electron chi connectivity index (χ0n) is 10.3. The van der Waals surface area contributed by atoms with Crippen LogP contribution >= 0.6 is 11.3 Å². The molecule has 0 aromatic carbocycles. The second kappa shape index (κ2) is 7.24. The first kappa shape index (κ1) is 13.9. The van der Waals surface area contributed by atoms with E-state index in [9.17, 15) is 4.79 Å². The average Bonchev–Trinajstić information content (AvgIpc) is 2.73. The number of carbonyl (C=O) groups is 1. The van der Waals surface area contributed by atoms with E-state index in [0.29, 0.717) is 18.2 Å². The Morgan fingerprint density at radius 2 is 2.35 bits per heavy atom. The lowest BCUT2D eigenvalue weighted by Crippen LogP contribution is -2.36. The SMILES string of the molecule is CCCc1cnc(NC(=O)N(CC)CCO)s1. The monoisotopic (exact) mass is 257 g/mol. The average molecular weight is 257 g/mol. The highest BCUT2D eigenvalue weighted by molar-refractivity contribution is 7.15. The van der Waals surface area contributed by atoms with Gasteiger partial charge < -0.3 is 10.0 Å². The van der Waals surface area contributed by atoms with Crippen LogP contribution in [0, 0.1) is 0 Å². The number of urea groups is 1. The molecule has 96 valence electrons. The van der Waals surface area contributed by atoms with Gasteiger partial charge in [0.1, 0.15) is 0 Å². The number of rotatable bonds is 6. The van der Waals surface area contributed by atoms with Gasteiger partial charge >= 0.3 is 6.03 Å². The van der Waals surface area contributed by atoms with Crippen molar-refractivity contribution in [1.82, 2.24) is 9.88 Å². The fourth-order valence-corrected chi connectivity index (χ4v) is 2.33. The summed E-state index contributed by atoms with van der Waals surface area (Å²) in [5.41, 5.74) is 0. The third-order valence-electron chi connectivity index (χ3n) is 2.30. The molecule has 1 rings (SSSR count). The molecule has 0 saturated carbocycles. The van der Waals surface area contributed by atoms with Crippen molar-refractivity contribution in [3.8, 4) is 0 Å². The fraction of sp³-hybridized carbons (Fsp3) is 0.636. The third-order valence-corrected chi connectivity index (χ3v) is 3.28. The van der Waals surface area contributed by atoms with E-state index in [2.05, 4.69) is 17.2 Å². The molecule has 0 radical (unpaired) electrons. The number of aryl methyl sites for hydroxylation is 1. The molecule has 6 heteroatoms. The quantitative estimate of drug-likeness (QED) is 0.818. The Labute approximate surface area is 105 Å². The maximum atomic E-state index is 11.8. The van der Waals surface area contributed by atoms with E-state index in [-0.39, 0.29) is 12.6 Å². The molecule has 2 amide bonds. The molecular weight excluding hydrogens is 238 g/mol. The summed E-state index contributed by atoms with van der Waals surface area (Å²) in [6.07, 6.45) is 3.86. The van der Waals surface area contributed by atoms with Gasteiger partial charge in [-0.2, -0.15) is 0 Å². The van der Waals surface area contributed by atoms with Crippen LogP contribution < -0.4 is 5.32 Å². The fourth-order valence-electron chi connectivity index (χ4n) is 1.42. The predicted molar refractivity (Wildman–Crippen MR) is 69.5 cm³/mol. The minimum absolute atomic E-state index is 0.0276. The number of likely N-dealkylation sites (N-methyl/N-ethyl adjacent to an activating group) is 1. The Morgan fingerprint density at radius 1 is 1.59 bits per heavy atom. The van der Waals surface area contributed by atoms with Crippen LogP contribution in [-0.4, -0.2) is 40.7 Å². The normalized spacial score (nSPS) is 10.3. The first-order valence-electron chi connectivity index (χ1n) is 5.82. The molecule has 0 aliphatic heterocycles. The molecule has 1 heterocycles. The topological polar surface area (TPSA) is 65.5 Å². The number of amides is 2. The summed E-state index contributed by atoms with van der Waals surface area (Å²) in [6.45, 7) is 4.87. The zero-order chi connectivity index (χ0) is 12.7. The molecule has 1 aromatic rings. The molecule has 0 atom stereocenters. The largest absolute Gasteiger partial charge is 0.395 e. The predicted octanol–water partition coefficient (Wildman–Crippen LogP) is 1.94. The molecule has 0 bridgehead atoms. The first-order valence-corrected chi connectivity index (χ1v) is 6.64. The minimum atomic E-state index is -0.209. The maximum Gasteiger partial charge on any atom is 0.323 e. The summed E-state index contributed by atoms with van der Waals surface area (Å²) in [6, 6.07) is -0.209. The molecule has 0 unspecified atom stereocenters. The molecule has 2 N–H and O–H groups in total. The van der Waals surface area contributed by atoms with Crippen molar-refractivity contribution >= 4 is 22.5 Å². The Bertz CT molecular complexity index is 354. The van der Waals surface area contributed by atoms with Gasteiger partial charge in [-0.3, -0.25) is 5.32 Å². The van der Waals surface area contributed by atoms with E-state index in [0.717, 1.165) is 12.8 Å². The molecule has 0 saturated heterocycles. The Morgan fingerprint density at radius 3 is 2.94 bits per heavy atom. The Kier molecular flexibility index (Phi) is 5.93. The molecule has 0 fully saturated rings. The lowest BCUT2D eigenvalue weighted by Gasteiger charge is -2.19. The van der Waals surface area contributed by atoms with Crippen molar-refractivity contribution in [2.24, 2.45) is 0 Å². The molecule has 1 aromatic heterocycles. The van der Waals surface area contributed by atoms with Crippen molar-refractivity contribution in [2.45, 2.75) is 26.7 Å². The number of hydrogen-bond donors (Lipinski definition) is 2. The van der Waals surface area contributed by atoms with Gasteiger partial charge in [0.05, 0.1) is 6.61 Å². The lowest BCUT2D eigenvalue weighted by molar-refractivity contribution is 0.192. The number of thiazole rings is 1. The standard InChI is InChI=1S/C11H19N3O2S/c1-3-5-9-8-12-10(17-9)13-11(16)14(4-2)6-7-15/h8,15H,3-7H2,1-2H3,(H,12,13,16). The molecule has 0 spiro atoms. The highest BCUT2D eigenvalue weighted by Crippen LogP contribution is 2.19. The van der Waals surface area contributed by atoms with Crippen LogP contribution in [0.3, 0.4) is 0 Å². The van der Waals surface area contributed by atoms with Crippen LogP contribution in [0.25, 0.3) is 0 Å². The Balaban J connectivity index is 2.53. The lowest BCUT2D eigenvalue weighted by atomic mass is 10.3. The number of nitrogens with zero attached hydrogens (tertiary/aromatic N) is 2. The van der Waals surface area contributed by atoms with Crippen molar-refractivity contribution in [1.29, 1.82) is 0 Å². The van der Waals surface area contributed by atoms with Crippen molar-refractivity contribution < 1.29 is 9.90 Å². The summed E-state index contributed by atoms with van der Waals surface area (Å²) in [5.74, 6) is 0. The van der Waals surface area contributed by atoms with Gasteiger partial charge in [0.15, 0.2) is 5.13 Å². The van der Waals surface area contributed by atoms with E-state index in [1.807, 2.05) is 6.92 Å². The van der Waals surface area contributed by atoms with E-state index in [1.165, 1.54) is 16.2 Å². The maximum absolute atomic E-state index is 11.8. The van der Waals surface area contributed by atoms with E-state index < -0.39 is 0 Å². The number of aliphatic hydroxyl groups is 1. The van der Waals surface area contributed by atoms with Crippen LogP contribution in [0.5, 0.6) is 0 Å². The Hall–Kier alpha value is -1.14. The van der Waals surface area contributed by atoms with Gasteiger partial charge in [-0.1, -0.05) is 13.3 Å². The summed E-state index contributed by atoms with van der Waals surface area (Å²) < 4.78 is 0. The van der Waals surface area contributed by atoms with E-state index >= 15 is 0 Å². The second-order valence-electron chi connectivity index (χ2n) is 3.62. The first-order chi connectivity index (χ1) is 8.21. The van der Waals surface area contributed by atoms with Crippen molar-refractivity contribution in [3.05, 3.63) is 11.1 Å². The molecular formula is C11H19N3O2S. The van der Waals surface area contributed by atoms with Gasteiger partial charge in [0.25, 0.3) is 0 Å². The van der Waals surface area contributed by atoms with Crippen LogP contribution in [0.2, 0.25) is 0 Å². The number of carbonyl (C=O) groups excluding carboxylic acids is 1. The van der Waals surface area contributed by atoms with Crippen molar-refractivity contribution in [3.63, 3.8) is 0 Å². The third kappa shape index (κ3) is 4.32. The summed E-state index contributed by atoms with van der Waals surface area (Å²) in [4.78, 5) is 18.6. The molecule has 0 aliphatic carbocycles. The van der Waals surface area contributed by atoms with E-state index in [1.54, 1.807) is 11.1 Å². The van der Waals surface area contributed by atoms with Gasteiger partial charge in [0, 0.05) is 24.2 Å². The minimum Gasteiger partial charge on any atom is -0.395 e. The summed E-state index contributed by atoms with van der Waals surface area (Å²) >= 11 is 1.50. The molecule has 0 aliphatic rings. The summed E-state index contributed by atoms with van der Waals surface area (Å²) in [5, 5.41) is 12.2. The van der Waals surface area contributed by atoms with Crippen LogP contribution in [0.4, 0.5) is 9.93 Å². The molecule has 5 nitrogen and oxygen atoms in total. The van der Waals surface area contributed by atoms with Gasteiger partial charge in [-0.25, -0.2) is 9.78 Å².